The van der Waals surface area contributed by atoms with Gasteiger partial charge < -0.3 is 5.11 Å². The number of hydrogen-bond acceptors (Lipinski definition) is 6. The largest absolute Gasteiger partial charge is 0.478 e. The van der Waals surface area contributed by atoms with Crippen LogP contribution in [0.5, 0.6) is 0 Å². The van der Waals surface area contributed by atoms with Crippen molar-refractivity contribution in [3.63, 3.8) is 0 Å². The Bertz CT molecular complexity index is 2090. The summed E-state index contributed by atoms with van der Waals surface area (Å²) in [6.45, 7) is 0. The number of rotatable bonds is 5. The quantitative estimate of drug-likeness (QED) is 0.219. The Labute approximate surface area is 244 Å². The predicted molar refractivity (Wildman–Crippen MR) is 154 cm³/mol. The van der Waals surface area contributed by atoms with Gasteiger partial charge in [-0.1, -0.05) is 30.0 Å². The third-order valence-electron chi connectivity index (χ3n) is 7.16. The fraction of sp³-hybridized carbons (Fsp3) is 0. The van der Waals surface area contributed by atoms with Gasteiger partial charge in [0.1, 0.15) is 0 Å². The van der Waals surface area contributed by atoms with E-state index in [1.807, 2.05) is 0 Å². The number of hydrogen-bond donors (Lipinski definition) is 1. The van der Waals surface area contributed by atoms with Crippen LogP contribution in [0, 0.1) is 24.7 Å². The molecule has 0 radical (unpaired) electrons. The molecule has 2 aliphatic heterocycles. The van der Waals surface area contributed by atoms with Crippen LogP contribution < -0.4 is 9.80 Å². The standard InChI is InChI=1S/C34H16N2O7/c1-3-18-6-5-7-23(13-18)35-30(38)25-10-8-20(16-27(25)32(35)40)29(37)21-9-11-26-28(17-21)33(41)36(31(26)39)24-14-19(4-2)12-22(15-24)34(42)43/h1-2,5-17H,(H,42,43). The van der Waals surface area contributed by atoms with Gasteiger partial charge in [-0.05, 0) is 60.7 Å². The first-order valence-electron chi connectivity index (χ1n) is 12.6. The lowest BCUT2D eigenvalue weighted by atomic mass is 9.96. The molecule has 9 nitrogen and oxygen atoms in total. The highest BCUT2D eigenvalue weighted by Crippen LogP contribution is 2.33. The first-order valence-corrected chi connectivity index (χ1v) is 12.6. The maximum atomic E-state index is 13.5. The summed E-state index contributed by atoms with van der Waals surface area (Å²) in [6, 6.07) is 18.2. The molecule has 0 aliphatic carbocycles. The van der Waals surface area contributed by atoms with E-state index < -0.39 is 35.4 Å². The molecule has 2 heterocycles. The molecule has 2 aliphatic rings. The third-order valence-corrected chi connectivity index (χ3v) is 7.16. The van der Waals surface area contributed by atoms with Crippen LogP contribution in [0.15, 0.2) is 78.9 Å². The molecule has 4 amide bonds. The molecule has 6 rings (SSSR count). The number of aromatic carboxylic acids is 1. The molecule has 204 valence electrons. The van der Waals surface area contributed by atoms with Crippen LogP contribution >= 0.6 is 0 Å². The number of ketones is 1. The molecule has 0 unspecified atom stereocenters. The van der Waals surface area contributed by atoms with Gasteiger partial charge in [0, 0.05) is 22.3 Å². The number of fused-ring (bicyclic) bond motifs is 2. The molecule has 4 aromatic carbocycles. The Kier molecular flexibility index (Phi) is 6.07. The van der Waals surface area contributed by atoms with Gasteiger partial charge in [-0.25, -0.2) is 14.6 Å². The zero-order valence-electron chi connectivity index (χ0n) is 22.0. The van der Waals surface area contributed by atoms with Crippen molar-refractivity contribution in [3.05, 3.63) is 129 Å². The van der Waals surface area contributed by atoms with E-state index in [1.165, 1.54) is 54.6 Å². The Hall–Kier alpha value is -6.58. The van der Waals surface area contributed by atoms with E-state index in [0.717, 1.165) is 15.9 Å². The lowest BCUT2D eigenvalue weighted by molar-refractivity contribution is 0.0695. The van der Waals surface area contributed by atoms with Crippen molar-refractivity contribution in [1.82, 2.24) is 0 Å². The van der Waals surface area contributed by atoms with Crippen molar-refractivity contribution in [3.8, 4) is 24.7 Å². The number of amides is 4. The van der Waals surface area contributed by atoms with Crippen molar-refractivity contribution in [2.45, 2.75) is 0 Å². The number of carboxylic acids is 1. The van der Waals surface area contributed by atoms with Crippen molar-refractivity contribution in [2.24, 2.45) is 0 Å². The summed E-state index contributed by atoms with van der Waals surface area (Å²) in [5.74, 6) is 0.265. The van der Waals surface area contributed by atoms with E-state index in [4.69, 9.17) is 12.8 Å². The SMILES string of the molecule is C#Cc1cccc(N2C(=O)c3ccc(C(=O)c4ccc5c(c4)C(=O)N(c4cc(C#C)cc(C(=O)O)c4)C5=O)cc3C2=O)c1. The fourth-order valence-corrected chi connectivity index (χ4v) is 5.08. The monoisotopic (exact) mass is 564 g/mol. The van der Waals surface area contributed by atoms with Crippen molar-refractivity contribution in [2.75, 3.05) is 9.80 Å². The van der Waals surface area contributed by atoms with Crippen molar-refractivity contribution < 1.29 is 33.9 Å². The fourth-order valence-electron chi connectivity index (χ4n) is 5.08. The van der Waals surface area contributed by atoms with Gasteiger partial charge in [0.2, 0.25) is 0 Å². The molecule has 0 spiro atoms. The number of carbonyl (C=O) groups is 6. The molecule has 0 aromatic heterocycles. The topological polar surface area (TPSA) is 129 Å². The number of carboxylic acid groups (broad SMARTS) is 1. The van der Waals surface area contributed by atoms with E-state index in [-0.39, 0.29) is 50.2 Å². The predicted octanol–water partition coefficient (Wildman–Crippen LogP) is 4.18. The van der Waals surface area contributed by atoms with Gasteiger partial charge >= 0.3 is 5.97 Å². The minimum absolute atomic E-state index is 0.0177. The number of benzene rings is 4. The van der Waals surface area contributed by atoms with E-state index in [9.17, 15) is 33.9 Å². The van der Waals surface area contributed by atoms with Crippen molar-refractivity contribution in [1.29, 1.82) is 0 Å². The normalized spacial score (nSPS) is 13.4. The molecule has 0 saturated heterocycles. The zero-order valence-corrected chi connectivity index (χ0v) is 22.0. The Morgan fingerprint density at radius 1 is 0.558 bits per heavy atom. The van der Waals surface area contributed by atoms with E-state index in [1.54, 1.807) is 18.2 Å². The number of anilines is 2. The van der Waals surface area contributed by atoms with Crippen LogP contribution in [0.2, 0.25) is 0 Å². The number of nitrogens with zero attached hydrogens (tertiary/aromatic N) is 2. The lowest BCUT2D eigenvalue weighted by Gasteiger charge is -2.15. The average Bonchev–Trinajstić information content (AvgIpc) is 3.43. The van der Waals surface area contributed by atoms with Gasteiger partial charge in [-0.2, -0.15) is 0 Å². The average molecular weight is 565 g/mol. The number of terminal acetylenes is 2. The molecule has 4 aromatic rings. The van der Waals surface area contributed by atoms with Gasteiger partial charge in [-0.15, -0.1) is 12.8 Å². The molecular weight excluding hydrogens is 548 g/mol. The van der Waals surface area contributed by atoms with Crippen LogP contribution in [-0.4, -0.2) is 40.5 Å². The lowest BCUT2D eigenvalue weighted by Crippen LogP contribution is -2.29. The minimum Gasteiger partial charge on any atom is -0.478 e. The minimum atomic E-state index is -1.29. The highest BCUT2D eigenvalue weighted by molar-refractivity contribution is 6.36. The second-order valence-corrected chi connectivity index (χ2v) is 9.65. The first kappa shape index (κ1) is 26.6. The Morgan fingerprint density at radius 3 is 1.60 bits per heavy atom. The third kappa shape index (κ3) is 4.17. The van der Waals surface area contributed by atoms with Gasteiger partial charge in [-0.3, -0.25) is 24.0 Å². The molecule has 0 saturated carbocycles. The van der Waals surface area contributed by atoms with Crippen LogP contribution in [0.25, 0.3) is 0 Å². The summed E-state index contributed by atoms with van der Waals surface area (Å²) in [7, 11) is 0. The summed E-state index contributed by atoms with van der Waals surface area (Å²) in [5.41, 5.74) is 0.959. The maximum Gasteiger partial charge on any atom is 0.335 e. The molecule has 0 fully saturated rings. The second kappa shape index (κ2) is 9.81. The molecular formula is C34H16N2O7. The molecule has 1 N–H and O–H groups in total. The Balaban J connectivity index is 1.32. The molecule has 43 heavy (non-hydrogen) atoms. The number of imide groups is 2. The number of carbonyl (C=O) groups excluding carboxylic acids is 5. The zero-order chi connectivity index (χ0) is 30.6. The van der Waals surface area contributed by atoms with Gasteiger partial charge in [0.05, 0.1) is 39.2 Å². The van der Waals surface area contributed by atoms with E-state index in [0.29, 0.717) is 11.3 Å². The summed E-state index contributed by atoms with van der Waals surface area (Å²) in [5, 5.41) is 9.42. The summed E-state index contributed by atoms with van der Waals surface area (Å²) in [4.78, 5) is 79.6. The van der Waals surface area contributed by atoms with E-state index >= 15 is 0 Å². The van der Waals surface area contributed by atoms with Gasteiger partial charge in [0.25, 0.3) is 23.6 Å². The smallest absolute Gasteiger partial charge is 0.335 e. The highest BCUT2D eigenvalue weighted by atomic mass is 16.4. The van der Waals surface area contributed by atoms with E-state index in [2.05, 4.69) is 11.8 Å². The summed E-state index contributed by atoms with van der Waals surface area (Å²) < 4.78 is 0. The van der Waals surface area contributed by atoms with Crippen LogP contribution in [0.1, 0.15) is 78.8 Å². The second-order valence-electron chi connectivity index (χ2n) is 9.65. The molecule has 9 heteroatoms. The highest BCUT2D eigenvalue weighted by Gasteiger charge is 2.39. The van der Waals surface area contributed by atoms with Crippen LogP contribution in [-0.2, 0) is 0 Å². The first-order chi connectivity index (χ1) is 20.6. The summed E-state index contributed by atoms with van der Waals surface area (Å²) >= 11 is 0. The van der Waals surface area contributed by atoms with Gasteiger partial charge in [0.15, 0.2) is 5.78 Å². The summed E-state index contributed by atoms with van der Waals surface area (Å²) in [6.07, 6.45) is 10.9. The molecule has 0 atom stereocenters. The Morgan fingerprint density at radius 2 is 1.07 bits per heavy atom. The van der Waals surface area contributed by atoms with Crippen LogP contribution in [0.4, 0.5) is 11.4 Å². The molecule has 0 bridgehead atoms. The maximum absolute atomic E-state index is 13.5. The van der Waals surface area contributed by atoms with Crippen LogP contribution in [0.3, 0.4) is 0 Å². The van der Waals surface area contributed by atoms with Crippen molar-refractivity contribution >= 4 is 46.8 Å².